The Morgan fingerprint density at radius 2 is 1.44 bits per heavy atom. The fraction of sp³-hybridized carbons (Fsp3) is 0.571. The topological polar surface area (TPSA) is 46.5 Å². The van der Waals surface area contributed by atoms with E-state index in [9.17, 15) is 39.9 Å². The van der Waals surface area contributed by atoms with Gasteiger partial charge in [0, 0.05) is 0 Å². The number of hydrogen-bond donors (Lipinski definition) is 1. The van der Waals surface area contributed by atoms with E-state index in [1.165, 1.54) is 0 Å². The normalized spacial score (nSPS) is 15.9. The van der Waals surface area contributed by atoms with Crippen LogP contribution in [0.2, 0.25) is 0 Å². The van der Waals surface area contributed by atoms with Crippen LogP contribution in [0, 0.1) is 0 Å². The fourth-order valence-corrected chi connectivity index (χ4v) is 0.727. The molecule has 0 fully saturated rings. The third kappa shape index (κ3) is 2.26. The van der Waals surface area contributed by atoms with Gasteiger partial charge in [0.25, 0.3) is 0 Å². The summed E-state index contributed by atoms with van der Waals surface area (Å²) < 4.78 is 102. The standard InChI is InChI=1S/C7H4F8O3/c1-18-4(16)5(11,12)7(14,15)6(13,17)2(8)3(9)10/h17H,1H3. The van der Waals surface area contributed by atoms with E-state index in [2.05, 4.69) is 4.74 Å². The molecule has 106 valence electrons. The van der Waals surface area contributed by atoms with Crippen LogP contribution in [0.4, 0.5) is 35.1 Å². The average Bonchev–Trinajstić information content (AvgIpc) is 2.25. The van der Waals surface area contributed by atoms with Gasteiger partial charge in [-0.2, -0.15) is 35.1 Å². The lowest BCUT2D eigenvalue weighted by Crippen LogP contribution is -2.60. The second-order valence-electron chi connectivity index (χ2n) is 2.84. The van der Waals surface area contributed by atoms with Crippen LogP contribution in [0.1, 0.15) is 0 Å². The first-order valence-corrected chi connectivity index (χ1v) is 3.80. The van der Waals surface area contributed by atoms with Crippen LogP contribution in [-0.4, -0.2) is 35.9 Å². The maximum atomic E-state index is 12.7. The summed E-state index contributed by atoms with van der Waals surface area (Å²) in [4.78, 5) is 10.3. The van der Waals surface area contributed by atoms with Gasteiger partial charge in [-0.15, -0.1) is 0 Å². The molecule has 1 atom stereocenters. The summed E-state index contributed by atoms with van der Waals surface area (Å²) in [7, 11) is 0.200. The highest BCUT2D eigenvalue weighted by molar-refractivity contribution is 5.79. The van der Waals surface area contributed by atoms with E-state index in [1.54, 1.807) is 0 Å². The van der Waals surface area contributed by atoms with E-state index >= 15 is 0 Å². The summed E-state index contributed by atoms with van der Waals surface area (Å²) in [5.41, 5.74) is 0. The molecule has 18 heavy (non-hydrogen) atoms. The number of ether oxygens (including phenoxy) is 1. The minimum Gasteiger partial charge on any atom is -0.464 e. The van der Waals surface area contributed by atoms with Crippen molar-refractivity contribution in [2.45, 2.75) is 17.7 Å². The molecule has 0 radical (unpaired) electrons. The first-order chi connectivity index (χ1) is 7.84. The highest BCUT2D eigenvalue weighted by Crippen LogP contribution is 2.48. The molecule has 1 N–H and O–H groups in total. The van der Waals surface area contributed by atoms with E-state index in [1.807, 2.05) is 0 Å². The van der Waals surface area contributed by atoms with Crippen LogP contribution in [0.15, 0.2) is 11.9 Å². The predicted molar refractivity (Wildman–Crippen MR) is 38.3 cm³/mol. The Hall–Kier alpha value is -1.39. The Morgan fingerprint density at radius 3 is 1.72 bits per heavy atom. The molecule has 0 aliphatic carbocycles. The molecule has 0 heterocycles. The number of hydrogen-bond acceptors (Lipinski definition) is 3. The molecule has 0 aromatic rings. The third-order valence-electron chi connectivity index (χ3n) is 1.71. The Kier molecular flexibility index (Phi) is 4.34. The van der Waals surface area contributed by atoms with Gasteiger partial charge in [0.15, 0.2) is 0 Å². The van der Waals surface area contributed by atoms with E-state index in [0.29, 0.717) is 0 Å². The van der Waals surface area contributed by atoms with Crippen molar-refractivity contribution in [2.75, 3.05) is 7.11 Å². The number of halogens is 8. The van der Waals surface area contributed by atoms with Crippen LogP contribution in [0.25, 0.3) is 0 Å². The van der Waals surface area contributed by atoms with Gasteiger partial charge >= 0.3 is 29.7 Å². The number of carbonyl (C=O) groups is 1. The lowest BCUT2D eigenvalue weighted by atomic mass is 10.0. The van der Waals surface area contributed by atoms with Gasteiger partial charge in [0.05, 0.1) is 7.11 Å². The zero-order valence-electron chi connectivity index (χ0n) is 8.29. The lowest BCUT2D eigenvalue weighted by Gasteiger charge is -2.31. The molecule has 0 saturated carbocycles. The van der Waals surface area contributed by atoms with Crippen molar-refractivity contribution in [3.05, 3.63) is 11.9 Å². The summed E-state index contributed by atoms with van der Waals surface area (Å²) in [5, 5.41) is 8.14. The molecule has 0 spiro atoms. The molecular weight excluding hydrogens is 284 g/mol. The first-order valence-electron chi connectivity index (χ1n) is 3.80. The SMILES string of the molecule is COC(=O)C(F)(F)C(F)(F)C(O)(F)C(F)=C(F)F. The summed E-state index contributed by atoms with van der Waals surface area (Å²) in [6, 6.07) is 0. The van der Waals surface area contributed by atoms with Crippen LogP contribution in [0.3, 0.4) is 0 Å². The zero-order valence-corrected chi connectivity index (χ0v) is 8.29. The molecule has 0 amide bonds. The molecule has 0 aliphatic rings. The summed E-state index contributed by atoms with van der Waals surface area (Å²) in [6.07, 6.45) is -3.79. The molecule has 3 nitrogen and oxygen atoms in total. The van der Waals surface area contributed by atoms with Crippen LogP contribution >= 0.6 is 0 Å². The van der Waals surface area contributed by atoms with Crippen LogP contribution in [0.5, 0.6) is 0 Å². The van der Waals surface area contributed by atoms with Crippen LogP contribution < -0.4 is 0 Å². The summed E-state index contributed by atoms with van der Waals surface area (Å²) in [5.74, 6) is -25.5. The van der Waals surface area contributed by atoms with E-state index in [4.69, 9.17) is 5.11 Å². The Morgan fingerprint density at radius 1 is 1.06 bits per heavy atom. The van der Waals surface area contributed by atoms with Crippen molar-refractivity contribution in [3.8, 4) is 0 Å². The van der Waals surface area contributed by atoms with Crippen molar-refractivity contribution in [1.82, 2.24) is 0 Å². The van der Waals surface area contributed by atoms with Crippen molar-refractivity contribution in [3.63, 3.8) is 0 Å². The number of methoxy groups -OCH3 is 1. The van der Waals surface area contributed by atoms with Gasteiger partial charge in [0.1, 0.15) is 0 Å². The van der Waals surface area contributed by atoms with Crippen molar-refractivity contribution in [1.29, 1.82) is 0 Å². The van der Waals surface area contributed by atoms with E-state index in [-0.39, 0.29) is 7.11 Å². The van der Waals surface area contributed by atoms with Gasteiger partial charge in [0.2, 0.25) is 5.83 Å². The molecule has 0 aliphatic heterocycles. The quantitative estimate of drug-likeness (QED) is 0.637. The zero-order chi connectivity index (χ0) is 14.9. The molecule has 1 unspecified atom stereocenters. The average molecular weight is 288 g/mol. The van der Waals surface area contributed by atoms with Gasteiger partial charge in [-0.25, -0.2) is 4.79 Å². The molecule has 0 saturated heterocycles. The summed E-state index contributed by atoms with van der Waals surface area (Å²) >= 11 is 0. The van der Waals surface area contributed by atoms with Crippen LogP contribution in [-0.2, 0) is 9.53 Å². The van der Waals surface area contributed by atoms with Gasteiger partial charge in [-0.3, -0.25) is 0 Å². The number of carbonyl (C=O) groups excluding carboxylic acids is 1. The molecule has 0 bridgehead atoms. The second kappa shape index (κ2) is 4.71. The first kappa shape index (κ1) is 16.6. The smallest absolute Gasteiger partial charge is 0.410 e. The summed E-state index contributed by atoms with van der Waals surface area (Å²) in [6.45, 7) is 0. The van der Waals surface area contributed by atoms with E-state index < -0.39 is 35.6 Å². The van der Waals surface area contributed by atoms with Gasteiger partial charge < -0.3 is 9.84 Å². The third-order valence-corrected chi connectivity index (χ3v) is 1.71. The molecular formula is C7H4F8O3. The van der Waals surface area contributed by atoms with Gasteiger partial charge in [-0.1, -0.05) is 0 Å². The Labute approximate surface area is 93.6 Å². The minimum absolute atomic E-state index is 0.200. The number of esters is 1. The Bertz CT molecular complexity index is 371. The molecule has 0 aromatic heterocycles. The number of rotatable bonds is 4. The minimum atomic E-state index is -6.51. The predicted octanol–water partition coefficient (Wildman–Crippen LogP) is 2.17. The van der Waals surface area contributed by atoms with Gasteiger partial charge in [-0.05, 0) is 0 Å². The van der Waals surface area contributed by atoms with Crippen molar-refractivity contribution < 1.29 is 49.8 Å². The molecule has 0 rings (SSSR count). The highest BCUT2D eigenvalue weighted by atomic mass is 19.3. The van der Waals surface area contributed by atoms with E-state index in [0.717, 1.165) is 0 Å². The van der Waals surface area contributed by atoms with Crippen molar-refractivity contribution >= 4 is 5.97 Å². The molecule has 0 aromatic carbocycles. The lowest BCUT2D eigenvalue weighted by molar-refractivity contribution is -0.319. The maximum absolute atomic E-state index is 12.7. The molecule has 11 heteroatoms. The fourth-order valence-electron chi connectivity index (χ4n) is 0.727. The monoisotopic (exact) mass is 288 g/mol. The second-order valence-corrected chi connectivity index (χ2v) is 2.84. The number of aliphatic hydroxyl groups is 1. The largest absolute Gasteiger partial charge is 0.464 e. The highest BCUT2D eigenvalue weighted by Gasteiger charge is 2.77. The Balaban J connectivity index is 5.79. The van der Waals surface area contributed by atoms with Crippen molar-refractivity contribution in [2.24, 2.45) is 0 Å². The number of alkyl halides is 5. The maximum Gasteiger partial charge on any atom is 0.410 e.